The Morgan fingerprint density at radius 2 is 2.11 bits per heavy atom. The maximum absolute atomic E-state index is 11.9. The minimum Gasteiger partial charge on any atom is -0.478 e. The van der Waals surface area contributed by atoms with Crippen molar-refractivity contribution in [3.05, 3.63) is 29.3 Å². The fraction of sp³-hybridized carbons (Fsp3) is 0.462. The van der Waals surface area contributed by atoms with Gasteiger partial charge >= 0.3 is 5.97 Å². The summed E-state index contributed by atoms with van der Waals surface area (Å²) in [5.74, 6) is -0.568. The number of rotatable bonds is 6. The van der Waals surface area contributed by atoms with Gasteiger partial charge in [0.05, 0.1) is 17.0 Å². The lowest BCUT2D eigenvalue weighted by Gasteiger charge is -2.11. The number of nitrogens with one attached hydrogen (secondary N) is 1. The molecule has 19 heavy (non-hydrogen) atoms. The molecular weight excluding hydrogens is 266 g/mol. The Hall–Kier alpha value is -1.56. The molecule has 1 saturated carbocycles. The lowest BCUT2D eigenvalue weighted by Crippen LogP contribution is -2.19. The maximum atomic E-state index is 11.9. The van der Waals surface area contributed by atoms with Crippen molar-refractivity contribution in [3.8, 4) is 0 Å². The monoisotopic (exact) mass is 283 g/mol. The molecule has 104 valence electrons. The Morgan fingerprint density at radius 1 is 1.42 bits per heavy atom. The van der Waals surface area contributed by atoms with Crippen LogP contribution in [0.2, 0.25) is 0 Å². The lowest BCUT2D eigenvalue weighted by molar-refractivity contribution is 0.0698. The molecular formula is C13H17NO4S. The normalized spacial score (nSPS) is 15.2. The van der Waals surface area contributed by atoms with E-state index >= 15 is 0 Å². The summed E-state index contributed by atoms with van der Waals surface area (Å²) in [6.45, 7) is 1.76. The Morgan fingerprint density at radius 3 is 2.68 bits per heavy atom. The minimum absolute atomic E-state index is 0.0185. The van der Waals surface area contributed by atoms with E-state index in [1.165, 1.54) is 12.1 Å². The van der Waals surface area contributed by atoms with Gasteiger partial charge in [-0.05, 0) is 31.4 Å². The van der Waals surface area contributed by atoms with Gasteiger partial charge in [0, 0.05) is 0 Å². The largest absolute Gasteiger partial charge is 0.478 e. The molecule has 2 N–H and O–H groups in total. The van der Waals surface area contributed by atoms with E-state index in [1.54, 1.807) is 13.0 Å². The van der Waals surface area contributed by atoms with Gasteiger partial charge in [-0.25, -0.2) is 13.2 Å². The first-order valence-corrected chi connectivity index (χ1v) is 7.87. The molecule has 0 aliphatic heterocycles. The van der Waals surface area contributed by atoms with Crippen LogP contribution in [0.15, 0.2) is 18.2 Å². The van der Waals surface area contributed by atoms with Gasteiger partial charge in [-0.3, -0.25) is 4.72 Å². The Kier molecular flexibility index (Phi) is 3.80. The molecule has 0 atom stereocenters. The van der Waals surface area contributed by atoms with Gasteiger partial charge in [0.25, 0.3) is 0 Å². The van der Waals surface area contributed by atoms with Crippen molar-refractivity contribution in [2.45, 2.75) is 26.2 Å². The number of sulfonamides is 1. The number of anilines is 1. The van der Waals surface area contributed by atoms with Gasteiger partial charge in [-0.2, -0.15) is 0 Å². The van der Waals surface area contributed by atoms with Crippen LogP contribution in [0.4, 0.5) is 5.69 Å². The summed E-state index contributed by atoms with van der Waals surface area (Å²) in [6, 6.07) is 4.64. The molecule has 6 heteroatoms. The van der Waals surface area contributed by atoms with Crippen LogP contribution in [0.5, 0.6) is 0 Å². The number of hydrogen-bond donors (Lipinski definition) is 2. The smallest absolute Gasteiger partial charge is 0.337 e. The standard InChI is InChI=1S/C13H17NO4S/c1-9-2-5-12(11(8-9)13(15)16)14-19(17,18)7-6-10-3-4-10/h2,5,8,10,14H,3-4,6-7H2,1H3,(H,15,16). The third-order valence-electron chi connectivity index (χ3n) is 3.16. The van der Waals surface area contributed by atoms with Crippen LogP contribution >= 0.6 is 0 Å². The molecule has 0 spiro atoms. The van der Waals surface area contributed by atoms with Crippen molar-refractivity contribution >= 4 is 21.7 Å². The molecule has 1 fully saturated rings. The van der Waals surface area contributed by atoms with Crippen LogP contribution < -0.4 is 4.72 Å². The minimum atomic E-state index is -3.47. The summed E-state index contributed by atoms with van der Waals surface area (Å²) in [6.07, 6.45) is 2.84. The molecule has 0 radical (unpaired) electrons. The Labute approximate surface area is 112 Å². The van der Waals surface area contributed by atoms with Crippen molar-refractivity contribution in [1.82, 2.24) is 0 Å². The second-order valence-electron chi connectivity index (χ2n) is 5.01. The number of aromatic carboxylic acids is 1. The van der Waals surface area contributed by atoms with E-state index in [1.807, 2.05) is 0 Å². The van der Waals surface area contributed by atoms with Crippen molar-refractivity contribution in [3.63, 3.8) is 0 Å². The van der Waals surface area contributed by atoms with E-state index in [9.17, 15) is 13.2 Å². The average molecular weight is 283 g/mol. The molecule has 5 nitrogen and oxygen atoms in total. The van der Waals surface area contributed by atoms with Crippen LogP contribution in [0.1, 0.15) is 35.2 Å². The van der Waals surface area contributed by atoms with E-state index in [0.717, 1.165) is 18.4 Å². The number of carboxylic acid groups (broad SMARTS) is 1. The average Bonchev–Trinajstić information content (AvgIpc) is 3.12. The molecule has 0 unspecified atom stereocenters. The predicted molar refractivity (Wildman–Crippen MR) is 72.9 cm³/mol. The van der Waals surface area contributed by atoms with Gasteiger partial charge in [-0.1, -0.05) is 24.5 Å². The highest BCUT2D eigenvalue weighted by atomic mass is 32.2. The highest BCUT2D eigenvalue weighted by Gasteiger charge is 2.24. The van der Waals surface area contributed by atoms with E-state index in [-0.39, 0.29) is 17.0 Å². The molecule has 0 amide bonds. The zero-order chi connectivity index (χ0) is 14.0. The van der Waals surface area contributed by atoms with Gasteiger partial charge in [0.1, 0.15) is 0 Å². The summed E-state index contributed by atoms with van der Waals surface area (Å²) >= 11 is 0. The van der Waals surface area contributed by atoms with Gasteiger partial charge in [-0.15, -0.1) is 0 Å². The van der Waals surface area contributed by atoms with Crippen LogP contribution in [0, 0.1) is 12.8 Å². The van der Waals surface area contributed by atoms with Gasteiger partial charge in [0.15, 0.2) is 0 Å². The van der Waals surface area contributed by atoms with E-state index < -0.39 is 16.0 Å². The first-order valence-electron chi connectivity index (χ1n) is 6.22. The second-order valence-corrected chi connectivity index (χ2v) is 6.85. The molecule has 2 rings (SSSR count). The number of benzene rings is 1. The highest BCUT2D eigenvalue weighted by Crippen LogP contribution is 2.32. The molecule has 1 aromatic carbocycles. The predicted octanol–water partition coefficient (Wildman–Crippen LogP) is 2.24. The summed E-state index contributed by atoms with van der Waals surface area (Å²) in [4.78, 5) is 11.1. The topological polar surface area (TPSA) is 83.5 Å². The van der Waals surface area contributed by atoms with Crippen LogP contribution in [0.25, 0.3) is 0 Å². The first-order chi connectivity index (χ1) is 8.87. The molecule has 0 heterocycles. The summed E-state index contributed by atoms with van der Waals surface area (Å²) < 4.78 is 26.1. The van der Waals surface area contributed by atoms with Gasteiger partial charge in [0.2, 0.25) is 10.0 Å². The molecule has 0 saturated heterocycles. The zero-order valence-corrected chi connectivity index (χ0v) is 11.5. The number of carbonyl (C=O) groups is 1. The molecule has 0 bridgehead atoms. The van der Waals surface area contributed by atoms with Crippen molar-refractivity contribution in [2.75, 3.05) is 10.5 Å². The van der Waals surface area contributed by atoms with Crippen molar-refractivity contribution < 1.29 is 18.3 Å². The fourth-order valence-corrected chi connectivity index (χ4v) is 3.13. The Balaban J connectivity index is 2.14. The van der Waals surface area contributed by atoms with Crippen LogP contribution in [0.3, 0.4) is 0 Å². The summed E-state index contributed by atoms with van der Waals surface area (Å²) in [5, 5.41) is 9.08. The van der Waals surface area contributed by atoms with Gasteiger partial charge < -0.3 is 5.11 Å². The molecule has 0 aromatic heterocycles. The van der Waals surface area contributed by atoms with Crippen molar-refractivity contribution in [2.24, 2.45) is 5.92 Å². The van der Waals surface area contributed by atoms with Crippen LogP contribution in [-0.2, 0) is 10.0 Å². The third kappa shape index (κ3) is 3.96. The maximum Gasteiger partial charge on any atom is 0.337 e. The summed E-state index contributed by atoms with van der Waals surface area (Å²) in [7, 11) is -3.47. The Bertz CT molecular complexity index is 591. The molecule has 1 aromatic rings. The first kappa shape index (κ1) is 13.9. The van der Waals surface area contributed by atoms with Crippen molar-refractivity contribution in [1.29, 1.82) is 0 Å². The van der Waals surface area contributed by atoms with E-state index in [0.29, 0.717) is 12.3 Å². The third-order valence-corrected chi connectivity index (χ3v) is 4.47. The SMILES string of the molecule is Cc1ccc(NS(=O)(=O)CCC2CC2)c(C(=O)O)c1. The molecule has 1 aliphatic carbocycles. The van der Waals surface area contributed by atoms with E-state index in [4.69, 9.17) is 5.11 Å². The lowest BCUT2D eigenvalue weighted by atomic mass is 10.1. The van der Waals surface area contributed by atoms with E-state index in [2.05, 4.69) is 4.72 Å². The van der Waals surface area contributed by atoms with Crippen LogP contribution in [-0.4, -0.2) is 25.2 Å². The molecule has 1 aliphatic rings. The zero-order valence-electron chi connectivity index (χ0n) is 10.7. The quantitative estimate of drug-likeness (QED) is 0.838. The second kappa shape index (κ2) is 5.21. The highest BCUT2D eigenvalue weighted by molar-refractivity contribution is 7.92. The fourth-order valence-electron chi connectivity index (χ4n) is 1.87. The summed E-state index contributed by atoms with van der Waals surface area (Å²) in [5.41, 5.74) is 0.891. The number of aryl methyl sites for hydroxylation is 1. The number of carboxylic acids is 1. The number of hydrogen-bond acceptors (Lipinski definition) is 3.